The summed E-state index contributed by atoms with van der Waals surface area (Å²) < 4.78 is 5.55. The predicted molar refractivity (Wildman–Crippen MR) is 104 cm³/mol. The largest absolute Gasteiger partial charge is 0.407 e. The van der Waals surface area contributed by atoms with Gasteiger partial charge in [-0.2, -0.15) is 0 Å². The molecule has 0 unspecified atom stereocenters. The van der Waals surface area contributed by atoms with Gasteiger partial charge in [-0.15, -0.1) is 16.9 Å². The van der Waals surface area contributed by atoms with Gasteiger partial charge in [0.15, 0.2) is 0 Å². The Kier molecular flexibility index (Phi) is 5.73. The van der Waals surface area contributed by atoms with Crippen molar-refractivity contribution in [2.24, 2.45) is 0 Å². The van der Waals surface area contributed by atoms with Gasteiger partial charge >= 0.3 is 6.01 Å². The molecule has 0 aliphatic rings. The van der Waals surface area contributed by atoms with Crippen LogP contribution in [-0.4, -0.2) is 21.9 Å². The Morgan fingerprint density at radius 2 is 1.85 bits per heavy atom. The van der Waals surface area contributed by atoms with Gasteiger partial charge in [0.1, 0.15) is 0 Å². The number of benzene rings is 2. The Balaban J connectivity index is 1.64. The smallest absolute Gasteiger partial charge is 0.322 e. The number of nitrogens with zero attached hydrogens (tertiary/aromatic N) is 2. The molecular formula is C20H21N3O2S. The van der Waals surface area contributed by atoms with Crippen LogP contribution in [0.25, 0.3) is 0 Å². The first kappa shape index (κ1) is 18.2. The summed E-state index contributed by atoms with van der Waals surface area (Å²) in [6, 6.07) is 13.8. The number of rotatable bonds is 6. The van der Waals surface area contributed by atoms with E-state index in [1.165, 1.54) is 11.1 Å². The molecule has 134 valence electrons. The first-order chi connectivity index (χ1) is 12.5. The molecule has 0 saturated carbocycles. The lowest BCUT2D eigenvalue weighted by molar-refractivity contribution is 0.102. The van der Waals surface area contributed by atoms with Gasteiger partial charge in [0.25, 0.3) is 5.91 Å². The highest BCUT2D eigenvalue weighted by Crippen LogP contribution is 2.19. The van der Waals surface area contributed by atoms with E-state index < -0.39 is 0 Å². The van der Waals surface area contributed by atoms with Crippen LogP contribution < -0.4 is 5.32 Å². The lowest BCUT2D eigenvalue weighted by Gasteiger charge is -2.03. The van der Waals surface area contributed by atoms with Crippen LogP contribution in [0.4, 0.5) is 6.01 Å². The van der Waals surface area contributed by atoms with Crippen molar-refractivity contribution in [3.05, 3.63) is 70.6 Å². The molecule has 0 spiro atoms. The molecular weight excluding hydrogens is 346 g/mol. The number of hydrogen-bond acceptors (Lipinski definition) is 5. The van der Waals surface area contributed by atoms with Gasteiger partial charge in [0.05, 0.1) is 6.42 Å². The minimum atomic E-state index is -0.264. The van der Waals surface area contributed by atoms with E-state index in [-0.39, 0.29) is 11.9 Å². The zero-order valence-electron chi connectivity index (χ0n) is 15.1. The molecule has 5 nitrogen and oxygen atoms in total. The minimum Gasteiger partial charge on any atom is -0.407 e. The predicted octanol–water partition coefficient (Wildman–Crippen LogP) is 4.64. The Labute approximate surface area is 157 Å². The number of hydrogen-bond donors (Lipinski definition) is 1. The van der Waals surface area contributed by atoms with Crippen molar-refractivity contribution in [2.45, 2.75) is 32.1 Å². The normalized spacial score (nSPS) is 10.7. The molecule has 0 radical (unpaired) electrons. The number of thioether (sulfide) groups is 1. The van der Waals surface area contributed by atoms with Gasteiger partial charge in [-0.05, 0) is 60.6 Å². The molecule has 0 fully saturated rings. The number of anilines is 1. The van der Waals surface area contributed by atoms with Crippen molar-refractivity contribution >= 4 is 23.7 Å². The topological polar surface area (TPSA) is 68.0 Å². The maximum Gasteiger partial charge on any atom is 0.322 e. The SMILES string of the molecule is CCSc1ccc(C(=O)Nc2nnc(Cc3ccc(C)c(C)c3)o2)cc1. The van der Waals surface area contributed by atoms with E-state index in [2.05, 4.69) is 48.4 Å². The van der Waals surface area contributed by atoms with Gasteiger partial charge < -0.3 is 4.42 Å². The summed E-state index contributed by atoms with van der Waals surface area (Å²) >= 11 is 1.73. The van der Waals surface area contributed by atoms with Crippen LogP contribution >= 0.6 is 11.8 Å². The van der Waals surface area contributed by atoms with Crippen molar-refractivity contribution in [1.82, 2.24) is 10.2 Å². The zero-order chi connectivity index (χ0) is 18.5. The van der Waals surface area contributed by atoms with Crippen molar-refractivity contribution in [3.63, 3.8) is 0 Å². The van der Waals surface area contributed by atoms with Gasteiger partial charge in [-0.3, -0.25) is 10.1 Å². The van der Waals surface area contributed by atoms with E-state index in [0.29, 0.717) is 17.9 Å². The number of aryl methyl sites for hydroxylation is 2. The Hall–Kier alpha value is -2.60. The van der Waals surface area contributed by atoms with E-state index in [1.807, 2.05) is 18.2 Å². The van der Waals surface area contributed by atoms with E-state index in [9.17, 15) is 4.79 Å². The average Bonchev–Trinajstić information content (AvgIpc) is 3.06. The maximum atomic E-state index is 12.3. The second-order valence-electron chi connectivity index (χ2n) is 6.01. The molecule has 0 aliphatic heterocycles. The second kappa shape index (κ2) is 8.19. The highest BCUT2D eigenvalue weighted by molar-refractivity contribution is 7.99. The molecule has 3 aromatic rings. The van der Waals surface area contributed by atoms with Gasteiger partial charge in [-0.1, -0.05) is 30.2 Å². The first-order valence-corrected chi connectivity index (χ1v) is 9.46. The summed E-state index contributed by atoms with van der Waals surface area (Å²) in [7, 11) is 0. The van der Waals surface area contributed by atoms with E-state index in [0.717, 1.165) is 16.2 Å². The molecule has 0 aliphatic carbocycles. The third-order valence-electron chi connectivity index (χ3n) is 4.04. The van der Waals surface area contributed by atoms with Gasteiger partial charge in [0.2, 0.25) is 5.89 Å². The van der Waals surface area contributed by atoms with Crippen LogP contribution in [0.15, 0.2) is 51.8 Å². The number of nitrogens with one attached hydrogen (secondary N) is 1. The van der Waals surface area contributed by atoms with E-state index in [1.54, 1.807) is 23.9 Å². The lowest BCUT2D eigenvalue weighted by Crippen LogP contribution is -2.11. The molecule has 0 bridgehead atoms. The fourth-order valence-electron chi connectivity index (χ4n) is 2.50. The first-order valence-electron chi connectivity index (χ1n) is 8.48. The number of carbonyl (C=O) groups is 1. The summed E-state index contributed by atoms with van der Waals surface area (Å²) in [5.74, 6) is 1.20. The lowest BCUT2D eigenvalue weighted by atomic mass is 10.0. The van der Waals surface area contributed by atoms with Crippen LogP contribution in [0.2, 0.25) is 0 Å². The maximum absolute atomic E-state index is 12.3. The Morgan fingerprint density at radius 3 is 2.54 bits per heavy atom. The summed E-state index contributed by atoms with van der Waals surface area (Å²) in [4.78, 5) is 13.4. The van der Waals surface area contributed by atoms with Crippen LogP contribution in [0.5, 0.6) is 0 Å². The van der Waals surface area contributed by atoms with Crippen LogP contribution in [0, 0.1) is 13.8 Å². The van der Waals surface area contributed by atoms with Gasteiger partial charge in [0, 0.05) is 10.5 Å². The second-order valence-corrected chi connectivity index (χ2v) is 7.35. The van der Waals surface area contributed by atoms with Crippen LogP contribution in [0.3, 0.4) is 0 Å². The quantitative estimate of drug-likeness (QED) is 0.643. The average molecular weight is 367 g/mol. The third kappa shape index (κ3) is 4.52. The zero-order valence-corrected chi connectivity index (χ0v) is 15.9. The molecule has 0 atom stereocenters. The van der Waals surface area contributed by atoms with Crippen LogP contribution in [0.1, 0.15) is 39.9 Å². The number of carbonyl (C=O) groups excluding carboxylic acids is 1. The summed E-state index contributed by atoms with van der Waals surface area (Å²) in [5.41, 5.74) is 4.12. The number of amides is 1. The van der Waals surface area contributed by atoms with Crippen molar-refractivity contribution in [2.75, 3.05) is 11.1 Å². The summed E-state index contributed by atoms with van der Waals surface area (Å²) in [6.45, 7) is 6.24. The molecule has 26 heavy (non-hydrogen) atoms. The number of aromatic nitrogens is 2. The van der Waals surface area contributed by atoms with Crippen LogP contribution in [-0.2, 0) is 6.42 Å². The molecule has 1 amide bonds. The molecule has 1 heterocycles. The van der Waals surface area contributed by atoms with Crippen molar-refractivity contribution in [3.8, 4) is 0 Å². The van der Waals surface area contributed by atoms with Crippen molar-refractivity contribution < 1.29 is 9.21 Å². The molecule has 3 rings (SSSR count). The molecule has 2 aromatic carbocycles. The third-order valence-corrected chi connectivity index (χ3v) is 4.94. The molecule has 1 aromatic heterocycles. The van der Waals surface area contributed by atoms with Gasteiger partial charge in [-0.25, -0.2) is 0 Å². The fourth-order valence-corrected chi connectivity index (χ4v) is 3.16. The molecule has 6 heteroatoms. The minimum absolute atomic E-state index is 0.112. The van der Waals surface area contributed by atoms with E-state index in [4.69, 9.17) is 4.42 Å². The summed E-state index contributed by atoms with van der Waals surface area (Å²) in [5, 5.41) is 10.6. The molecule has 0 saturated heterocycles. The Morgan fingerprint density at radius 1 is 1.08 bits per heavy atom. The highest BCUT2D eigenvalue weighted by atomic mass is 32.2. The molecule has 1 N–H and O–H groups in total. The summed E-state index contributed by atoms with van der Waals surface area (Å²) in [6.07, 6.45) is 0.535. The standard InChI is InChI=1S/C20H21N3O2S/c1-4-26-17-9-7-16(8-10-17)19(24)21-20-23-22-18(25-20)12-15-6-5-13(2)14(3)11-15/h5-11H,4,12H2,1-3H3,(H,21,23,24). The monoisotopic (exact) mass is 367 g/mol. The fraction of sp³-hybridized carbons (Fsp3) is 0.250. The van der Waals surface area contributed by atoms with Crippen molar-refractivity contribution in [1.29, 1.82) is 0 Å². The van der Waals surface area contributed by atoms with E-state index >= 15 is 0 Å². The highest BCUT2D eigenvalue weighted by Gasteiger charge is 2.12. The Bertz CT molecular complexity index is 904.